The van der Waals surface area contributed by atoms with Gasteiger partial charge in [-0.05, 0) is 50.1 Å². The van der Waals surface area contributed by atoms with E-state index in [1.165, 1.54) is 31.3 Å². The van der Waals surface area contributed by atoms with E-state index in [9.17, 15) is 4.39 Å². The Morgan fingerprint density at radius 3 is 2.94 bits per heavy atom. The highest BCUT2D eigenvalue weighted by Crippen LogP contribution is 2.35. The van der Waals surface area contributed by atoms with E-state index in [1.807, 2.05) is 18.2 Å². The molecular formula is C24H26ClFN4O2. The zero-order valence-corrected chi connectivity index (χ0v) is 18.7. The first-order valence-electron chi connectivity index (χ1n) is 10.6. The predicted molar refractivity (Wildman–Crippen MR) is 126 cm³/mol. The van der Waals surface area contributed by atoms with Gasteiger partial charge in [-0.15, -0.1) is 6.58 Å². The van der Waals surface area contributed by atoms with Crippen molar-refractivity contribution in [2.24, 2.45) is 0 Å². The van der Waals surface area contributed by atoms with Crippen LogP contribution in [0.25, 0.3) is 10.9 Å². The second kappa shape index (κ2) is 10.1. The molecule has 0 amide bonds. The van der Waals surface area contributed by atoms with E-state index in [-0.39, 0.29) is 5.02 Å². The molecule has 8 heteroatoms. The van der Waals surface area contributed by atoms with E-state index >= 15 is 0 Å². The molecule has 0 saturated carbocycles. The first-order chi connectivity index (χ1) is 15.6. The molecule has 3 aromatic rings. The fraction of sp³-hybridized carbons (Fsp3) is 0.333. The molecule has 4 rings (SSSR count). The Morgan fingerprint density at radius 2 is 2.16 bits per heavy atom. The van der Waals surface area contributed by atoms with E-state index in [4.69, 9.17) is 21.1 Å². The van der Waals surface area contributed by atoms with Gasteiger partial charge < -0.3 is 14.8 Å². The number of methoxy groups -OCH3 is 1. The van der Waals surface area contributed by atoms with Crippen molar-refractivity contribution in [3.05, 3.63) is 60.2 Å². The molecule has 168 valence electrons. The van der Waals surface area contributed by atoms with Crippen LogP contribution >= 0.6 is 11.6 Å². The highest BCUT2D eigenvalue weighted by atomic mass is 35.5. The van der Waals surface area contributed by atoms with Gasteiger partial charge in [-0.3, -0.25) is 4.90 Å². The Labute approximate surface area is 192 Å². The molecule has 0 radical (unpaired) electrons. The van der Waals surface area contributed by atoms with E-state index in [2.05, 4.69) is 26.8 Å². The average molecular weight is 457 g/mol. The quantitative estimate of drug-likeness (QED) is 0.334. The zero-order valence-electron chi connectivity index (χ0n) is 18.0. The summed E-state index contributed by atoms with van der Waals surface area (Å²) in [7, 11) is 1.60. The van der Waals surface area contributed by atoms with E-state index in [0.29, 0.717) is 41.2 Å². The smallest absolute Gasteiger partial charge is 0.162 e. The Balaban J connectivity index is 1.51. The third kappa shape index (κ3) is 4.95. The predicted octanol–water partition coefficient (Wildman–Crippen LogP) is 5.59. The van der Waals surface area contributed by atoms with Gasteiger partial charge in [0.25, 0.3) is 0 Å². The highest BCUT2D eigenvalue weighted by Gasteiger charge is 2.21. The molecule has 1 fully saturated rings. The van der Waals surface area contributed by atoms with Gasteiger partial charge >= 0.3 is 0 Å². The Hall–Kier alpha value is -2.90. The summed E-state index contributed by atoms with van der Waals surface area (Å²) >= 11 is 5.91. The molecule has 0 unspecified atom stereocenters. The summed E-state index contributed by atoms with van der Waals surface area (Å²) in [4.78, 5) is 11.1. The summed E-state index contributed by atoms with van der Waals surface area (Å²) in [5.41, 5.74) is 1.32. The van der Waals surface area contributed by atoms with Crippen molar-refractivity contribution in [1.82, 2.24) is 14.9 Å². The molecule has 2 aromatic carbocycles. The maximum absolute atomic E-state index is 13.5. The van der Waals surface area contributed by atoms with Crippen molar-refractivity contribution >= 4 is 34.0 Å². The molecule has 1 aromatic heterocycles. The number of anilines is 2. The summed E-state index contributed by atoms with van der Waals surface area (Å²) in [6, 6.07) is 8.58. The molecule has 1 aliphatic rings. The van der Waals surface area contributed by atoms with Crippen molar-refractivity contribution in [1.29, 1.82) is 0 Å². The lowest BCUT2D eigenvalue weighted by molar-refractivity contribution is 0.236. The lowest BCUT2D eigenvalue weighted by atomic mass is 10.2. The maximum atomic E-state index is 13.5. The van der Waals surface area contributed by atoms with Gasteiger partial charge in [0, 0.05) is 29.7 Å². The van der Waals surface area contributed by atoms with Crippen LogP contribution in [-0.2, 0) is 0 Å². The number of ether oxygens (including phenoxy) is 2. The third-order valence-corrected chi connectivity index (χ3v) is 5.93. The molecule has 1 saturated heterocycles. The topological polar surface area (TPSA) is 59.5 Å². The number of likely N-dealkylation sites (tertiary alicyclic amines) is 1. The fourth-order valence-electron chi connectivity index (χ4n) is 3.99. The van der Waals surface area contributed by atoms with Crippen molar-refractivity contribution in [2.45, 2.75) is 25.3 Å². The largest absolute Gasteiger partial charge is 0.493 e. The van der Waals surface area contributed by atoms with Crippen LogP contribution in [0.3, 0.4) is 0 Å². The van der Waals surface area contributed by atoms with Crippen molar-refractivity contribution in [2.75, 3.05) is 32.1 Å². The van der Waals surface area contributed by atoms with Gasteiger partial charge in [-0.2, -0.15) is 0 Å². The van der Waals surface area contributed by atoms with Gasteiger partial charge in [-0.1, -0.05) is 17.7 Å². The van der Waals surface area contributed by atoms with Crippen molar-refractivity contribution in [3.63, 3.8) is 0 Å². The highest BCUT2D eigenvalue weighted by molar-refractivity contribution is 6.31. The second-order valence-electron chi connectivity index (χ2n) is 7.68. The van der Waals surface area contributed by atoms with Crippen molar-refractivity contribution in [3.8, 4) is 11.5 Å². The Morgan fingerprint density at radius 1 is 1.28 bits per heavy atom. The molecule has 0 spiro atoms. The number of nitrogens with one attached hydrogen (secondary N) is 1. The SMILES string of the molecule is C=C[C@@H]1CCCN1CCCOc1cc2c(Nc3ccc(F)c(Cl)c3)ncnc2cc1OC. The molecule has 0 aliphatic carbocycles. The molecular weight excluding hydrogens is 431 g/mol. The number of fused-ring (bicyclic) bond motifs is 1. The molecule has 2 heterocycles. The summed E-state index contributed by atoms with van der Waals surface area (Å²) in [6.45, 7) is 6.57. The standard InChI is InChI=1S/C24H26ClFN4O2/c1-3-17-6-4-9-30(17)10-5-11-32-23-13-18-21(14-22(23)31-2)27-15-28-24(18)29-16-7-8-20(26)19(25)12-16/h3,7-8,12-15,17H,1,4-6,9-11H2,2H3,(H,27,28,29)/t17-/m1/s1. The molecule has 32 heavy (non-hydrogen) atoms. The van der Waals surface area contributed by atoms with Crippen LogP contribution in [-0.4, -0.2) is 47.7 Å². The lowest BCUT2D eigenvalue weighted by Crippen LogP contribution is -2.29. The number of halogens is 2. The van der Waals surface area contributed by atoms with Crippen LogP contribution in [0.5, 0.6) is 11.5 Å². The molecule has 0 bridgehead atoms. The van der Waals surface area contributed by atoms with Gasteiger partial charge in [0.05, 0.1) is 24.3 Å². The van der Waals surface area contributed by atoms with Crippen LogP contribution in [0.1, 0.15) is 19.3 Å². The number of rotatable bonds is 9. The minimum atomic E-state index is -0.474. The molecule has 1 N–H and O–H groups in total. The van der Waals surface area contributed by atoms with E-state index < -0.39 is 5.82 Å². The first-order valence-corrected chi connectivity index (χ1v) is 11.0. The number of hydrogen-bond acceptors (Lipinski definition) is 6. The summed E-state index contributed by atoms with van der Waals surface area (Å²) in [6.07, 6.45) is 6.78. The van der Waals surface area contributed by atoms with Crippen LogP contribution in [0.2, 0.25) is 5.02 Å². The molecule has 6 nitrogen and oxygen atoms in total. The maximum Gasteiger partial charge on any atom is 0.162 e. The fourth-order valence-corrected chi connectivity index (χ4v) is 4.17. The van der Waals surface area contributed by atoms with Crippen LogP contribution in [0.15, 0.2) is 49.3 Å². The second-order valence-corrected chi connectivity index (χ2v) is 8.09. The van der Waals surface area contributed by atoms with Gasteiger partial charge in [0.15, 0.2) is 11.5 Å². The minimum Gasteiger partial charge on any atom is -0.493 e. The lowest BCUT2D eigenvalue weighted by Gasteiger charge is -2.21. The Bertz CT molecular complexity index is 1110. The zero-order chi connectivity index (χ0) is 22.5. The Kier molecular flexibility index (Phi) is 7.07. The number of aromatic nitrogens is 2. The van der Waals surface area contributed by atoms with Crippen LogP contribution in [0, 0.1) is 5.82 Å². The third-order valence-electron chi connectivity index (χ3n) is 5.64. The number of hydrogen-bond donors (Lipinski definition) is 1. The minimum absolute atomic E-state index is 0.0377. The van der Waals surface area contributed by atoms with E-state index in [0.717, 1.165) is 24.9 Å². The van der Waals surface area contributed by atoms with Crippen LogP contribution < -0.4 is 14.8 Å². The van der Waals surface area contributed by atoms with Gasteiger partial charge in [0.2, 0.25) is 0 Å². The normalized spacial score (nSPS) is 16.3. The first kappa shape index (κ1) is 22.3. The van der Waals surface area contributed by atoms with Gasteiger partial charge in [0.1, 0.15) is 18.0 Å². The average Bonchev–Trinajstić information content (AvgIpc) is 3.26. The van der Waals surface area contributed by atoms with Crippen LogP contribution in [0.4, 0.5) is 15.9 Å². The summed E-state index contributed by atoms with van der Waals surface area (Å²) in [5, 5.41) is 3.98. The monoisotopic (exact) mass is 456 g/mol. The summed E-state index contributed by atoms with van der Waals surface area (Å²) in [5.74, 6) is 1.32. The molecule has 1 atom stereocenters. The van der Waals surface area contributed by atoms with Crippen molar-refractivity contribution < 1.29 is 13.9 Å². The van der Waals surface area contributed by atoms with Gasteiger partial charge in [-0.25, -0.2) is 14.4 Å². The number of nitrogens with zero attached hydrogens (tertiary/aromatic N) is 3. The number of benzene rings is 2. The molecule has 1 aliphatic heterocycles. The summed E-state index contributed by atoms with van der Waals surface area (Å²) < 4.78 is 25.1. The van der Waals surface area contributed by atoms with E-state index in [1.54, 1.807) is 13.2 Å².